The number of nitrogens with one attached hydrogen (secondary N) is 1. The first-order valence-corrected chi connectivity index (χ1v) is 9.42. The van der Waals surface area contributed by atoms with Gasteiger partial charge in [-0.25, -0.2) is 17.8 Å². The van der Waals surface area contributed by atoms with Crippen LogP contribution in [0.3, 0.4) is 0 Å². The molecule has 0 aliphatic carbocycles. The fraction of sp³-hybridized carbons (Fsp3) is 0.357. The van der Waals surface area contributed by atoms with Gasteiger partial charge in [-0.3, -0.25) is 0 Å². The van der Waals surface area contributed by atoms with Crippen LogP contribution in [0, 0.1) is 5.82 Å². The van der Waals surface area contributed by atoms with Crippen LogP contribution < -0.4 is 0 Å². The van der Waals surface area contributed by atoms with E-state index in [4.69, 9.17) is 0 Å². The molecular weight excluding hydrogens is 325 g/mol. The molecule has 1 aliphatic heterocycles. The molecule has 2 aromatic rings. The SMILES string of the molecule is O=S(=O)(c1cnc[nH]1)N1CCSC(c2ccccc2F)CC1. The van der Waals surface area contributed by atoms with Gasteiger partial charge in [-0.2, -0.15) is 16.1 Å². The van der Waals surface area contributed by atoms with Crippen molar-refractivity contribution in [2.75, 3.05) is 18.8 Å². The number of benzene rings is 1. The van der Waals surface area contributed by atoms with Crippen LogP contribution in [0.25, 0.3) is 0 Å². The van der Waals surface area contributed by atoms with E-state index in [1.807, 2.05) is 6.07 Å². The van der Waals surface area contributed by atoms with Crippen LogP contribution in [0.15, 0.2) is 41.8 Å². The van der Waals surface area contributed by atoms with E-state index in [1.165, 1.54) is 22.9 Å². The zero-order chi connectivity index (χ0) is 15.6. The van der Waals surface area contributed by atoms with Gasteiger partial charge in [0.1, 0.15) is 5.82 Å². The highest BCUT2D eigenvalue weighted by Gasteiger charge is 2.29. The van der Waals surface area contributed by atoms with E-state index >= 15 is 0 Å². The zero-order valence-corrected chi connectivity index (χ0v) is 13.4. The van der Waals surface area contributed by atoms with Crippen molar-refractivity contribution in [1.82, 2.24) is 14.3 Å². The average Bonchev–Trinajstić information content (AvgIpc) is 2.94. The molecule has 1 saturated heterocycles. The standard InChI is InChI=1S/C14H16FN3O2S2/c15-12-4-2-1-3-11(12)13-5-6-18(7-8-21-13)22(19,20)14-9-16-10-17-14/h1-4,9-10,13H,5-8H2,(H,16,17). The normalized spacial score (nSPS) is 20.7. The first-order chi connectivity index (χ1) is 10.6. The fourth-order valence-corrected chi connectivity index (χ4v) is 5.22. The smallest absolute Gasteiger partial charge is 0.260 e. The lowest BCUT2D eigenvalue weighted by Gasteiger charge is -2.18. The molecule has 118 valence electrons. The van der Waals surface area contributed by atoms with Crippen LogP contribution in [0.2, 0.25) is 0 Å². The Kier molecular flexibility index (Phi) is 4.51. The first-order valence-electron chi connectivity index (χ1n) is 6.93. The number of sulfonamides is 1. The van der Waals surface area contributed by atoms with E-state index in [0.29, 0.717) is 30.8 Å². The molecule has 0 spiro atoms. The maximum atomic E-state index is 13.9. The molecule has 1 atom stereocenters. The predicted molar refractivity (Wildman–Crippen MR) is 83.6 cm³/mol. The molecule has 3 rings (SSSR count). The maximum Gasteiger partial charge on any atom is 0.260 e. The van der Waals surface area contributed by atoms with Crippen LogP contribution in [0.1, 0.15) is 17.2 Å². The van der Waals surface area contributed by atoms with Gasteiger partial charge in [-0.1, -0.05) is 18.2 Å². The number of thioether (sulfide) groups is 1. The number of halogens is 1. The summed E-state index contributed by atoms with van der Waals surface area (Å²) in [6.07, 6.45) is 3.24. The third kappa shape index (κ3) is 3.04. The number of aromatic amines is 1. The van der Waals surface area contributed by atoms with Crippen LogP contribution in [0.4, 0.5) is 4.39 Å². The Morgan fingerprint density at radius 2 is 2.14 bits per heavy atom. The Balaban J connectivity index is 1.77. The van der Waals surface area contributed by atoms with Crippen LogP contribution in [-0.2, 0) is 10.0 Å². The molecule has 22 heavy (non-hydrogen) atoms. The Morgan fingerprint density at radius 1 is 1.32 bits per heavy atom. The molecule has 0 amide bonds. The van der Waals surface area contributed by atoms with E-state index in [1.54, 1.807) is 23.9 Å². The number of rotatable bonds is 3. The third-order valence-corrected chi connectivity index (χ3v) is 6.78. The van der Waals surface area contributed by atoms with E-state index in [9.17, 15) is 12.8 Å². The number of nitrogens with zero attached hydrogens (tertiary/aromatic N) is 2. The van der Waals surface area contributed by atoms with Crippen molar-refractivity contribution >= 4 is 21.8 Å². The third-order valence-electron chi connectivity index (χ3n) is 3.64. The summed E-state index contributed by atoms with van der Waals surface area (Å²) >= 11 is 1.60. The van der Waals surface area contributed by atoms with Gasteiger partial charge in [0.25, 0.3) is 10.0 Å². The molecule has 0 saturated carbocycles. The molecule has 1 aromatic carbocycles. The van der Waals surface area contributed by atoms with Gasteiger partial charge < -0.3 is 4.98 Å². The molecule has 1 fully saturated rings. The number of aromatic nitrogens is 2. The topological polar surface area (TPSA) is 66.1 Å². The summed E-state index contributed by atoms with van der Waals surface area (Å²) in [5.41, 5.74) is 0.647. The zero-order valence-electron chi connectivity index (χ0n) is 11.8. The molecule has 1 unspecified atom stereocenters. The summed E-state index contributed by atoms with van der Waals surface area (Å²) in [6.45, 7) is 0.782. The Hall–Kier alpha value is -1.38. The van der Waals surface area contributed by atoms with Crippen molar-refractivity contribution in [3.63, 3.8) is 0 Å². The monoisotopic (exact) mass is 341 g/mol. The Morgan fingerprint density at radius 3 is 2.86 bits per heavy atom. The van der Waals surface area contributed by atoms with Crippen molar-refractivity contribution in [3.05, 3.63) is 48.2 Å². The first kappa shape index (κ1) is 15.5. The minimum atomic E-state index is -3.55. The lowest BCUT2D eigenvalue weighted by Crippen LogP contribution is -2.33. The molecule has 1 aliphatic rings. The second kappa shape index (κ2) is 6.39. The number of imidazole rings is 1. The number of hydrogen-bond acceptors (Lipinski definition) is 4. The Labute approximate surface area is 133 Å². The predicted octanol–water partition coefficient (Wildman–Crippen LogP) is 2.42. The Bertz CT molecular complexity index is 734. The van der Waals surface area contributed by atoms with Gasteiger partial charge in [0.2, 0.25) is 0 Å². The molecule has 0 bridgehead atoms. The quantitative estimate of drug-likeness (QED) is 0.931. The van der Waals surface area contributed by atoms with E-state index in [-0.39, 0.29) is 16.1 Å². The van der Waals surface area contributed by atoms with Crippen LogP contribution in [0.5, 0.6) is 0 Å². The van der Waals surface area contributed by atoms with Crippen LogP contribution >= 0.6 is 11.8 Å². The second-order valence-electron chi connectivity index (χ2n) is 4.99. The maximum absolute atomic E-state index is 13.9. The molecule has 8 heteroatoms. The number of hydrogen-bond donors (Lipinski definition) is 1. The fourth-order valence-electron chi connectivity index (χ4n) is 2.50. The summed E-state index contributed by atoms with van der Waals surface area (Å²) in [5.74, 6) is 0.400. The molecule has 0 radical (unpaired) electrons. The van der Waals surface area contributed by atoms with Crippen LogP contribution in [-0.4, -0.2) is 41.5 Å². The van der Waals surface area contributed by atoms with E-state index in [2.05, 4.69) is 9.97 Å². The van der Waals surface area contributed by atoms with Crippen molar-refractivity contribution in [2.24, 2.45) is 0 Å². The van der Waals surface area contributed by atoms with Gasteiger partial charge in [0.15, 0.2) is 5.03 Å². The molecular formula is C14H16FN3O2S2. The summed E-state index contributed by atoms with van der Waals surface area (Å²) in [4.78, 5) is 6.40. The van der Waals surface area contributed by atoms with Gasteiger partial charge >= 0.3 is 0 Å². The van der Waals surface area contributed by atoms with Crippen molar-refractivity contribution < 1.29 is 12.8 Å². The second-order valence-corrected chi connectivity index (χ2v) is 8.21. The van der Waals surface area contributed by atoms with Crippen molar-refractivity contribution in [3.8, 4) is 0 Å². The highest BCUT2D eigenvalue weighted by molar-refractivity contribution is 7.99. The van der Waals surface area contributed by atoms with Gasteiger partial charge in [-0.15, -0.1) is 0 Å². The molecule has 2 heterocycles. The minimum Gasteiger partial charge on any atom is -0.335 e. The largest absolute Gasteiger partial charge is 0.335 e. The van der Waals surface area contributed by atoms with E-state index in [0.717, 1.165) is 0 Å². The van der Waals surface area contributed by atoms with Gasteiger partial charge in [0.05, 0.1) is 12.5 Å². The average molecular weight is 341 g/mol. The van der Waals surface area contributed by atoms with E-state index < -0.39 is 10.0 Å². The molecule has 1 N–H and O–H groups in total. The summed E-state index contributed by atoms with van der Waals surface area (Å²) in [5, 5.41) is 0.0741. The lowest BCUT2D eigenvalue weighted by molar-refractivity contribution is 0.425. The summed E-state index contributed by atoms with van der Waals surface area (Å²) < 4.78 is 40.3. The van der Waals surface area contributed by atoms with Crippen molar-refractivity contribution in [2.45, 2.75) is 16.7 Å². The molecule has 5 nitrogen and oxygen atoms in total. The lowest BCUT2D eigenvalue weighted by atomic mass is 10.1. The summed E-state index contributed by atoms with van der Waals surface area (Å²) in [7, 11) is -3.55. The van der Waals surface area contributed by atoms with Gasteiger partial charge in [0, 0.05) is 29.7 Å². The highest BCUT2D eigenvalue weighted by Crippen LogP contribution is 2.36. The van der Waals surface area contributed by atoms with Crippen molar-refractivity contribution in [1.29, 1.82) is 0 Å². The summed E-state index contributed by atoms with van der Waals surface area (Å²) in [6, 6.07) is 6.68. The van der Waals surface area contributed by atoms with Gasteiger partial charge in [-0.05, 0) is 12.5 Å². The highest BCUT2D eigenvalue weighted by atomic mass is 32.2. The minimum absolute atomic E-state index is 0.0248. The number of H-pyrrole nitrogens is 1. The molecule has 1 aromatic heterocycles.